The summed E-state index contributed by atoms with van der Waals surface area (Å²) in [7, 11) is 0. The van der Waals surface area contributed by atoms with Crippen LogP contribution in [0.25, 0.3) is 10.8 Å². The van der Waals surface area contributed by atoms with E-state index in [-0.39, 0.29) is 6.61 Å². The topological polar surface area (TPSA) is 64.6 Å². The van der Waals surface area contributed by atoms with Gasteiger partial charge in [0.05, 0.1) is 0 Å². The summed E-state index contributed by atoms with van der Waals surface area (Å²) in [6.07, 6.45) is -0.916. The van der Waals surface area contributed by atoms with Crippen LogP contribution in [-0.2, 0) is 25.6 Å². The van der Waals surface area contributed by atoms with E-state index in [4.69, 9.17) is 9.47 Å². The standard InChI is InChI=1S/C25H25NO4/c1-25(2)16-29-24(28)22(25)30-23(27)21(26-15-17-9-4-3-5-10-17)20-14-8-12-18-11-6-7-13-19(18)20/h3-14,21-22,26H,15-16H2,1-2H3/t21-,22-/m0/s1. The highest BCUT2D eigenvalue weighted by Gasteiger charge is 2.47. The minimum atomic E-state index is -0.916. The van der Waals surface area contributed by atoms with E-state index < -0.39 is 29.5 Å². The lowest BCUT2D eigenvalue weighted by Crippen LogP contribution is -2.39. The molecule has 0 aromatic heterocycles. The fraction of sp³-hybridized carbons (Fsp3) is 0.280. The van der Waals surface area contributed by atoms with Crippen molar-refractivity contribution in [1.82, 2.24) is 5.32 Å². The molecule has 0 amide bonds. The summed E-state index contributed by atoms with van der Waals surface area (Å²) in [6, 6.07) is 22.9. The van der Waals surface area contributed by atoms with Gasteiger partial charge in [-0.1, -0.05) is 86.6 Å². The molecule has 0 radical (unpaired) electrons. The van der Waals surface area contributed by atoms with Crippen LogP contribution in [0.5, 0.6) is 0 Å². The monoisotopic (exact) mass is 403 g/mol. The van der Waals surface area contributed by atoms with E-state index in [9.17, 15) is 9.59 Å². The smallest absolute Gasteiger partial charge is 0.348 e. The molecule has 0 aliphatic carbocycles. The van der Waals surface area contributed by atoms with E-state index in [2.05, 4.69) is 5.32 Å². The summed E-state index contributed by atoms with van der Waals surface area (Å²) in [4.78, 5) is 25.5. The van der Waals surface area contributed by atoms with Crippen LogP contribution in [0, 0.1) is 5.41 Å². The van der Waals surface area contributed by atoms with E-state index in [0.29, 0.717) is 6.54 Å². The van der Waals surface area contributed by atoms with E-state index in [1.54, 1.807) is 0 Å². The Kier molecular flexibility index (Phi) is 5.55. The maximum atomic E-state index is 13.3. The van der Waals surface area contributed by atoms with Gasteiger partial charge in [-0.2, -0.15) is 0 Å². The molecule has 1 aliphatic rings. The van der Waals surface area contributed by atoms with Crippen molar-refractivity contribution in [1.29, 1.82) is 0 Å². The molecule has 1 fully saturated rings. The second kappa shape index (κ2) is 8.28. The number of carbonyl (C=O) groups excluding carboxylic acids is 2. The Morgan fingerprint density at radius 2 is 1.77 bits per heavy atom. The van der Waals surface area contributed by atoms with Crippen LogP contribution in [0.1, 0.15) is 31.0 Å². The summed E-state index contributed by atoms with van der Waals surface area (Å²) in [5, 5.41) is 5.34. The largest absolute Gasteiger partial charge is 0.462 e. The van der Waals surface area contributed by atoms with Gasteiger partial charge in [-0.05, 0) is 21.9 Å². The van der Waals surface area contributed by atoms with Gasteiger partial charge in [0.2, 0.25) is 6.10 Å². The molecule has 1 N–H and O–H groups in total. The lowest BCUT2D eigenvalue weighted by molar-refractivity contribution is -0.164. The number of carbonyl (C=O) groups is 2. The first kappa shape index (κ1) is 20.1. The van der Waals surface area contributed by atoms with Crippen LogP contribution in [0.2, 0.25) is 0 Å². The molecule has 4 rings (SSSR count). The van der Waals surface area contributed by atoms with Crippen LogP contribution in [0.3, 0.4) is 0 Å². The van der Waals surface area contributed by atoms with Crippen molar-refractivity contribution in [3.05, 3.63) is 83.9 Å². The predicted octanol–water partition coefficient (Wildman–Crippen LogP) is 4.17. The fourth-order valence-electron chi connectivity index (χ4n) is 3.76. The number of nitrogens with one attached hydrogen (secondary N) is 1. The Morgan fingerprint density at radius 3 is 2.50 bits per heavy atom. The van der Waals surface area contributed by atoms with Gasteiger partial charge in [0.25, 0.3) is 0 Å². The zero-order chi connectivity index (χ0) is 21.1. The van der Waals surface area contributed by atoms with Crippen molar-refractivity contribution in [2.75, 3.05) is 6.61 Å². The van der Waals surface area contributed by atoms with Gasteiger partial charge >= 0.3 is 11.9 Å². The van der Waals surface area contributed by atoms with Crippen LogP contribution in [0.15, 0.2) is 72.8 Å². The van der Waals surface area contributed by atoms with Crippen LogP contribution in [-0.4, -0.2) is 24.6 Å². The lowest BCUT2D eigenvalue weighted by atomic mass is 9.89. The van der Waals surface area contributed by atoms with E-state index in [1.165, 1.54) is 0 Å². The predicted molar refractivity (Wildman–Crippen MR) is 115 cm³/mol. The molecule has 1 heterocycles. The van der Waals surface area contributed by atoms with Crippen LogP contribution < -0.4 is 5.32 Å². The lowest BCUT2D eigenvalue weighted by Gasteiger charge is -2.25. The molecule has 3 aromatic rings. The fourth-order valence-corrected chi connectivity index (χ4v) is 3.76. The highest BCUT2D eigenvalue weighted by atomic mass is 16.6. The van der Waals surface area contributed by atoms with Gasteiger partial charge in [0, 0.05) is 12.0 Å². The first-order valence-electron chi connectivity index (χ1n) is 10.1. The summed E-state index contributed by atoms with van der Waals surface area (Å²) in [6.45, 7) is 4.45. The van der Waals surface area contributed by atoms with Crippen LogP contribution in [0.4, 0.5) is 0 Å². The molecule has 0 bridgehead atoms. The van der Waals surface area contributed by atoms with Gasteiger partial charge in [-0.25, -0.2) is 9.59 Å². The SMILES string of the molecule is CC1(C)COC(=O)[C@@H]1OC(=O)[C@@H](NCc1ccccc1)c1cccc2ccccc12. The van der Waals surface area contributed by atoms with Crippen molar-refractivity contribution in [2.45, 2.75) is 32.5 Å². The maximum absolute atomic E-state index is 13.3. The van der Waals surface area contributed by atoms with Gasteiger partial charge in [-0.15, -0.1) is 0 Å². The normalized spacial score (nSPS) is 18.7. The maximum Gasteiger partial charge on any atom is 0.348 e. The Hall–Kier alpha value is -3.18. The summed E-state index contributed by atoms with van der Waals surface area (Å²) >= 11 is 0. The zero-order valence-electron chi connectivity index (χ0n) is 17.1. The number of cyclic esters (lactones) is 1. The molecule has 0 unspecified atom stereocenters. The molecule has 0 spiro atoms. The van der Waals surface area contributed by atoms with Gasteiger partial charge in [0.1, 0.15) is 12.6 Å². The third-order valence-electron chi connectivity index (χ3n) is 5.47. The summed E-state index contributed by atoms with van der Waals surface area (Å²) in [5.41, 5.74) is 1.31. The molecular weight excluding hydrogens is 378 g/mol. The molecule has 5 heteroatoms. The van der Waals surface area contributed by atoms with Crippen molar-refractivity contribution >= 4 is 22.7 Å². The highest BCUT2D eigenvalue weighted by molar-refractivity contribution is 5.92. The molecule has 1 saturated heterocycles. The van der Waals surface area contributed by atoms with Gasteiger partial charge in [-0.3, -0.25) is 5.32 Å². The van der Waals surface area contributed by atoms with Gasteiger partial charge < -0.3 is 9.47 Å². The summed E-state index contributed by atoms with van der Waals surface area (Å²) < 4.78 is 10.8. The second-order valence-electron chi connectivity index (χ2n) is 8.28. The van der Waals surface area contributed by atoms with Crippen LogP contribution >= 0.6 is 0 Å². The number of fused-ring (bicyclic) bond motifs is 1. The minimum absolute atomic E-state index is 0.236. The average Bonchev–Trinajstić information content (AvgIpc) is 3.01. The number of ether oxygens (including phenoxy) is 2. The number of rotatable bonds is 6. The number of esters is 2. The molecule has 3 aromatic carbocycles. The van der Waals surface area contributed by atoms with Gasteiger partial charge in [0.15, 0.2) is 0 Å². The Labute approximate surface area is 176 Å². The average molecular weight is 403 g/mol. The molecular formula is C25H25NO4. The molecule has 30 heavy (non-hydrogen) atoms. The van der Waals surface area contributed by atoms with Crippen molar-refractivity contribution in [3.63, 3.8) is 0 Å². The molecule has 1 aliphatic heterocycles. The third-order valence-corrected chi connectivity index (χ3v) is 5.47. The summed E-state index contributed by atoms with van der Waals surface area (Å²) in [5.74, 6) is -0.979. The molecule has 0 saturated carbocycles. The Bertz CT molecular complexity index is 1060. The third kappa shape index (κ3) is 4.07. The minimum Gasteiger partial charge on any atom is -0.462 e. The van der Waals surface area contributed by atoms with Crippen molar-refractivity contribution in [2.24, 2.45) is 5.41 Å². The Morgan fingerprint density at radius 1 is 1.07 bits per heavy atom. The second-order valence-corrected chi connectivity index (χ2v) is 8.28. The number of hydrogen-bond donors (Lipinski definition) is 1. The molecule has 5 nitrogen and oxygen atoms in total. The van der Waals surface area contributed by atoms with E-state index >= 15 is 0 Å². The van der Waals surface area contributed by atoms with E-state index in [0.717, 1.165) is 21.9 Å². The number of hydrogen-bond acceptors (Lipinski definition) is 5. The number of benzene rings is 3. The van der Waals surface area contributed by atoms with Crippen molar-refractivity contribution < 1.29 is 19.1 Å². The molecule has 2 atom stereocenters. The van der Waals surface area contributed by atoms with E-state index in [1.807, 2.05) is 86.6 Å². The first-order chi connectivity index (χ1) is 14.5. The van der Waals surface area contributed by atoms with Crippen molar-refractivity contribution in [3.8, 4) is 0 Å². The quantitative estimate of drug-likeness (QED) is 0.626. The zero-order valence-corrected chi connectivity index (χ0v) is 17.1. The highest BCUT2D eigenvalue weighted by Crippen LogP contribution is 2.33. The molecule has 154 valence electrons. The Balaban J connectivity index is 1.66. The first-order valence-corrected chi connectivity index (χ1v) is 10.1.